The lowest BCUT2D eigenvalue weighted by Crippen LogP contribution is -2.33. The van der Waals surface area contributed by atoms with Crippen LogP contribution in [0.5, 0.6) is 0 Å². The number of rotatable bonds is 2. The fraction of sp³-hybridized carbons (Fsp3) is 0.0227. The monoisotopic (exact) mass is 582 g/mol. The molecule has 2 heteroatoms. The summed E-state index contributed by atoms with van der Waals surface area (Å²) in [5.74, 6) is 0. The molecule has 46 heavy (non-hydrogen) atoms. The van der Waals surface area contributed by atoms with E-state index in [2.05, 4.69) is 144 Å². The van der Waals surface area contributed by atoms with Crippen LogP contribution in [0.1, 0.15) is 27.8 Å². The van der Waals surface area contributed by atoms with E-state index >= 15 is 0 Å². The van der Waals surface area contributed by atoms with Crippen molar-refractivity contribution >= 4 is 21.8 Å². The second-order valence-electron chi connectivity index (χ2n) is 12.4. The molecule has 1 spiro atoms. The smallest absolute Gasteiger partial charge is 0.0991 e. The summed E-state index contributed by atoms with van der Waals surface area (Å²) in [6.07, 6.45) is 0. The molecule has 1 aliphatic carbocycles. The van der Waals surface area contributed by atoms with Gasteiger partial charge in [-0.15, -0.1) is 0 Å². The van der Waals surface area contributed by atoms with Crippen molar-refractivity contribution in [1.82, 2.24) is 4.57 Å². The number of aromatic nitrogens is 1. The molecular weight excluding hydrogens is 556 g/mol. The van der Waals surface area contributed by atoms with Gasteiger partial charge >= 0.3 is 0 Å². The molecule has 2 aliphatic rings. The summed E-state index contributed by atoms with van der Waals surface area (Å²) in [5.41, 5.74) is 16.6. The third-order valence-electron chi connectivity index (χ3n) is 10.3. The lowest BCUT2D eigenvalue weighted by molar-refractivity contribution is 0.748. The summed E-state index contributed by atoms with van der Waals surface area (Å²) >= 11 is 0. The average molecular weight is 583 g/mol. The van der Waals surface area contributed by atoms with Crippen molar-refractivity contribution in [3.63, 3.8) is 0 Å². The van der Waals surface area contributed by atoms with Gasteiger partial charge in [0, 0.05) is 10.8 Å². The Morgan fingerprint density at radius 2 is 1.04 bits per heavy atom. The van der Waals surface area contributed by atoms with Crippen molar-refractivity contribution in [2.24, 2.45) is 0 Å². The van der Waals surface area contributed by atoms with Crippen molar-refractivity contribution in [3.05, 3.63) is 186 Å². The first-order valence-electron chi connectivity index (χ1n) is 15.8. The SMILES string of the molecule is N#Cc1ccc(-c2ccc(-c3cccc4c3-c3ccccc3C43c4ccccc4-n4c5ccccc5c5cccc3c54)cc2)cc1. The summed E-state index contributed by atoms with van der Waals surface area (Å²) < 4.78 is 2.49. The Morgan fingerprint density at radius 3 is 1.87 bits per heavy atom. The number of hydrogen-bond donors (Lipinski definition) is 0. The second-order valence-corrected chi connectivity index (χ2v) is 12.4. The molecule has 8 aromatic rings. The number of benzene rings is 7. The van der Waals surface area contributed by atoms with Crippen LogP contribution in [0.2, 0.25) is 0 Å². The Bertz CT molecular complexity index is 2580. The van der Waals surface area contributed by atoms with E-state index in [0.717, 1.165) is 11.1 Å². The Labute approximate surface area is 267 Å². The molecular formula is C44H26N2. The van der Waals surface area contributed by atoms with E-state index in [0.29, 0.717) is 5.56 Å². The molecule has 212 valence electrons. The average Bonchev–Trinajstić information content (AvgIpc) is 3.63. The van der Waals surface area contributed by atoms with Gasteiger partial charge in [-0.1, -0.05) is 133 Å². The van der Waals surface area contributed by atoms with Gasteiger partial charge in [0.1, 0.15) is 0 Å². The Balaban J connectivity index is 1.27. The predicted octanol–water partition coefficient (Wildman–Crippen LogP) is 10.7. The fourth-order valence-electron chi connectivity index (χ4n) is 8.43. The molecule has 0 saturated carbocycles. The van der Waals surface area contributed by atoms with Gasteiger partial charge in [-0.2, -0.15) is 5.26 Å². The van der Waals surface area contributed by atoms with Crippen molar-refractivity contribution in [2.75, 3.05) is 0 Å². The Hall–Kier alpha value is -6.17. The van der Waals surface area contributed by atoms with Crippen LogP contribution < -0.4 is 0 Å². The van der Waals surface area contributed by atoms with E-state index in [1.54, 1.807) is 0 Å². The highest BCUT2D eigenvalue weighted by molar-refractivity contribution is 6.13. The maximum atomic E-state index is 9.23. The van der Waals surface area contributed by atoms with Crippen molar-refractivity contribution in [1.29, 1.82) is 5.26 Å². The lowest BCUT2D eigenvalue weighted by Gasteiger charge is -2.39. The third kappa shape index (κ3) is 3.09. The molecule has 0 amide bonds. The van der Waals surface area contributed by atoms with E-state index in [1.165, 1.54) is 72.0 Å². The zero-order valence-corrected chi connectivity index (χ0v) is 24.9. The minimum absolute atomic E-state index is 0.454. The summed E-state index contributed by atoms with van der Waals surface area (Å²) in [6.45, 7) is 0. The van der Waals surface area contributed by atoms with Gasteiger partial charge < -0.3 is 4.57 Å². The van der Waals surface area contributed by atoms with Crippen LogP contribution in [0.15, 0.2) is 158 Å². The van der Waals surface area contributed by atoms with Gasteiger partial charge in [0.2, 0.25) is 0 Å². The van der Waals surface area contributed by atoms with Gasteiger partial charge in [0.25, 0.3) is 0 Å². The first-order valence-corrected chi connectivity index (χ1v) is 15.8. The predicted molar refractivity (Wildman–Crippen MR) is 187 cm³/mol. The van der Waals surface area contributed by atoms with Crippen LogP contribution >= 0.6 is 0 Å². The van der Waals surface area contributed by atoms with Crippen LogP contribution in [0, 0.1) is 11.3 Å². The first kappa shape index (κ1) is 25.2. The number of hydrogen-bond acceptors (Lipinski definition) is 1. The summed E-state index contributed by atoms with van der Waals surface area (Å²) in [4.78, 5) is 0. The molecule has 1 unspecified atom stereocenters. The summed E-state index contributed by atoms with van der Waals surface area (Å²) in [6, 6.07) is 59.5. The molecule has 10 rings (SSSR count). The molecule has 0 saturated heterocycles. The quantitative estimate of drug-likeness (QED) is 0.199. The minimum Gasteiger partial charge on any atom is -0.309 e. The number of nitriles is 1. The number of fused-ring (bicyclic) bond motifs is 12. The summed E-state index contributed by atoms with van der Waals surface area (Å²) in [7, 11) is 0. The highest BCUT2D eigenvalue weighted by Crippen LogP contribution is 2.62. The molecule has 0 N–H and O–H groups in total. The molecule has 1 atom stereocenters. The zero-order chi connectivity index (χ0) is 30.4. The van der Waals surface area contributed by atoms with Crippen LogP contribution in [-0.4, -0.2) is 4.57 Å². The van der Waals surface area contributed by atoms with Gasteiger partial charge in [-0.25, -0.2) is 0 Å². The van der Waals surface area contributed by atoms with Crippen molar-refractivity contribution in [3.8, 4) is 45.1 Å². The first-order chi connectivity index (χ1) is 22.8. The Morgan fingerprint density at radius 1 is 0.457 bits per heavy atom. The van der Waals surface area contributed by atoms with E-state index in [-0.39, 0.29) is 0 Å². The number of nitrogens with zero attached hydrogens (tertiary/aromatic N) is 2. The molecule has 0 radical (unpaired) electrons. The van der Waals surface area contributed by atoms with Gasteiger partial charge in [-0.3, -0.25) is 0 Å². The van der Waals surface area contributed by atoms with Gasteiger partial charge in [0.15, 0.2) is 0 Å². The number of para-hydroxylation sites is 3. The highest BCUT2D eigenvalue weighted by atomic mass is 15.0. The molecule has 0 fully saturated rings. The second kappa shape index (κ2) is 9.17. The highest BCUT2D eigenvalue weighted by Gasteiger charge is 2.51. The summed E-state index contributed by atoms with van der Waals surface area (Å²) in [5, 5.41) is 11.8. The van der Waals surface area contributed by atoms with E-state index in [9.17, 15) is 5.26 Å². The molecule has 7 aromatic carbocycles. The third-order valence-corrected chi connectivity index (χ3v) is 10.3. The van der Waals surface area contributed by atoms with Crippen LogP contribution in [-0.2, 0) is 5.41 Å². The largest absolute Gasteiger partial charge is 0.309 e. The van der Waals surface area contributed by atoms with Crippen LogP contribution in [0.4, 0.5) is 0 Å². The topological polar surface area (TPSA) is 28.7 Å². The fourth-order valence-corrected chi connectivity index (χ4v) is 8.43. The molecule has 1 aromatic heterocycles. The zero-order valence-electron chi connectivity index (χ0n) is 24.9. The molecule has 2 nitrogen and oxygen atoms in total. The van der Waals surface area contributed by atoms with Crippen molar-refractivity contribution < 1.29 is 0 Å². The Kier molecular flexibility index (Phi) is 5.02. The van der Waals surface area contributed by atoms with E-state index in [1.807, 2.05) is 24.3 Å². The normalized spacial score (nSPS) is 15.5. The molecule has 1 aliphatic heterocycles. The maximum Gasteiger partial charge on any atom is 0.0991 e. The van der Waals surface area contributed by atoms with Gasteiger partial charge in [0.05, 0.1) is 33.8 Å². The standard InChI is InChI=1S/C44H26N2/c45-27-28-19-21-29(22-20-28)30-23-25-31(26-24-30)32-11-7-15-38-42(32)35-10-1-3-13-36(35)44(38)37-14-4-6-18-41(37)46-40-17-5-2-9-33(40)34-12-8-16-39(44)43(34)46/h1-26H. The molecule has 2 heterocycles. The maximum absolute atomic E-state index is 9.23. The van der Waals surface area contributed by atoms with Crippen LogP contribution in [0.3, 0.4) is 0 Å². The lowest BCUT2D eigenvalue weighted by atomic mass is 9.65. The van der Waals surface area contributed by atoms with Gasteiger partial charge in [-0.05, 0) is 79.9 Å². The van der Waals surface area contributed by atoms with Crippen molar-refractivity contribution in [2.45, 2.75) is 5.41 Å². The van der Waals surface area contributed by atoms with E-state index in [4.69, 9.17) is 0 Å². The van der Waals surface area contributed by atoms with E-state index < -0.39 is 5.41 Å². The van der Waals surface area contributed by atoms with Crippen LogP contribution in [0.25, 0.3) is 60.9 Å². The molecule has 0 bridgehead atoms. The minimum atomic E-state index is -0.454.